The number of hydrogen-bond acceptors (Lipinski definition) is 3. The maximum absolute atomic E-state index is 13.2. The summed E-state index contributed by atoms with van der Waals surface area (Å²) in [5.41, 5.74) is 1.51. The Labute approximate surface area is 101 Å². The zero-order valence-electron chi connectivity index (χ0n) is 10.2. The minimum absolute atomic E-state index is 0.236. The second-order valence-corrected chi connectivity index (χ2v) is 4.59. The van der Waals surface area contributed by atoms with Crippen LogP contribution < -0.4 is 5.32 Å². The maximum atomic E-state index is 13.2. The molecular formula is C13H19FN2O. The second kappa shape index (κ2) is 5.47. The number of aryl methyl sites for hydroxylation is 1. The van der Waals surface area contributed by atoms with Crippen LogP contribution in [0.25, 0.3) is 0 Å². The smallest absolute Gasteiger partial charge is 0.167 e. The monoisotopic (exact) mass is 238 g/mol. The summed E-state index contributed by atoms with van der Waals surface area (Å²) in [6.45, 7) is 6.84. The lowest BCUT2D eigenvalue weighted by molar-refractivity contribution is 0.244. The molecule has 17 heavy (non-hydrogen) atoms. The molecule has 1 aliphatic heterocycles. The highest BCUT2D eigenvalue weighted by molar-refractivity contribution is 5.34. The number of phenols is 1. The highest BCUT2D eigenvalue weighted by atomic mass is 19.1. The summed E-state index contributed by atoms with van der Waals surface area (Å²) in [5, 5.41) is 12.7. The second-order valence-electron chi connectivity index (χ2n) is 4.59. The number of benzene rings is 1. The fourth-order valence-corrected chi connectivity index (χ4v) is 2.19. The maximum Gasteiger partial charge on any atom is 0.167 e. The Morgan fingerprint density at radius 2 is 2.06 bits per heavy atom. The first-order valence-corrected chi connectivity index (χ1v) is 6.08. The first kappa shape index (κ1) is 12.3. The van der Waals surface area contributed by atoms with Gasteiger partial charge in [-0.2, -0.15) is 0 Å². The molecule has 0 aliphatic carbocycles. The molecule has 2 rings (SSSR count). The van der Waals surface area contributed by atoms with Crippen molar-refractivity contribution in [1.29, 1.82) is 0 Å². The van der Waals surface area contributed by atoms with E-state index in [1.165, 1.54) is 6.07 Å². The molecule has 0 aromatic heterocycles. The van der Waals surface area contributed by atoms with E-state index in [1.807, 2.05) is 6.07 Å². The van der Waals surface area contributed by atoms with Crippen molar-refractivity contribution in [1.82, 2.24) is 10.2 Å². The number of halogens is 1. The number of phenolic OH excluding ortho intramolecular Hbond substituents is 1. The fraction of sp³-hybridized carbons (Fsp3) is 0.538. The number of hydrogen-bond donors (Lipinski definition) is 2. The number of nitrogens with zero attached hydrogens (tertiary/aromatic N) is 1. The van der Waals surface area contributed by atoms with Gasteiger partial charge in [0.1, 0.15) is 0 Å². The summed E-state index contributed by atoms with van der Waals surface area (Å²) in [6, 6.07) is 3.35. The number of piperazine rings is 1. The molecule has 3 nitrogen and oxygen atoms in total. The summed E-state index contributed by atoms with van der Waals surface area (Å²) >= 11 is 0. The first-order chi connectivity index (χ1) is 8.16. The van der Waals surface area contributed by atoms with Crippen LogP contribution in [0, 0.1) is 12.7 Å². The Kier molecular flexibility index (Phi) is 3.97. The van der Waals surface area contributed by atoms with Crippen molar-refractivity contribution >= 4 is 0 Å². The highest BCUT2D eigenvalue weighted by Crippen LogP contribution is 2.21. The minimum atomic E-state index is -0.504. The molecule has 1 saturated heterocycles. The predicted octanol–water partition coefficient (Wildman–Crippen LogP) is 1.29. The van der Waals surface area contributed by atoms with E-state index in [1.54, 1.807) is 6.92 Å². The third kappa shape index (κ3) is 3.17. The Morgan fingerprint density at radius 1 is 1.35 bits per heavy atom. The summed E-state index contributed by atoms with van der Waals surface area (Å²) < 4.78 is 13.2. The minimum Gasteiger partial charge on any atom is -0.505 e. The third-order valence-electron chi connectivity index (χ3n) is 3.22. The van der Waals surface area contributed by atoms with E-state index in [-0.39, 0.29) is 5.75 Å². The van der Waals surface area contributed by atoms with Gasteiger partial charge in [-0.15, -0.1) is 0 Å². The molecule has 0 bridgehead atoms. The summed E-state index contributed by atoms with van der Waals surface area (Å²) in [7, 11) is 0. The molecule has 0 spiro atoms. The molecule has 4 heteroatoms. The average molecular weight is 238 g/mol. The standard InChI is InChI=1S/C13H19FN2O/c1-10-8-11(9-12(17)13(10)14)2-5-16-6-3-15-4-7-16/h8-9,15,17H,2-7H2,1H3. The molecule has 0 radical (unpaired) electrons. The van der Waals surface area contributed by atoms with Gasteiger partial charge in [0.2, 0.25) is 0 Å². The largest absolute Gasteiger partial charge is 0.505 e. The molecule has 1 aromatic rings. The van der Waals surface area contributed by atoms with Gasteiger partial charge in [0, 0.05) is 32.7 Å². The Bertz CT molecular complexity index is 366. The molecular weight excluding hydrogens is 219 g/mol. The fourth-order valence-electron chi connectivity index (χ4n) is 2.19. The van der Waals surface area contributed by atoms with Crippen LogP contribution in [-0.4, -0.2) is 42.7 Å². The van der Waals surface area contributed by atoms with Crippen molar-refractivity contribution in [2.45, 2.75) is 13.3 Å². The van der Waals surface area contributed by atoms with E-state index in [0.29, 0.717) is 5.56 Å². The molecule has 1 fully saturated rings. The van der Waals surface area contributed by atoms with Crippen molar-refractivity contribution in [3.05, 3.63) is 29.1 Å². The highest BCUT2D eigenvalue weighted by Gasteiger charge is 2.11. The van der Waals surface area contributed by atoms with E-state index in [2.05, 4.69) is 10.2 Å². The topological polar surface area (TPSA) is 35.5 Å². The van der Waals surface area contributed by atoms with E-state index < -0.39 is 5.82 Å². The molecule has 1 aliphatic rings. The molecule has 0 atom stereocenters. The van der Waals surface area contributed by atoms with E-state index in [4.69, 9.17) is 0 Å². The lowest BCUT2D eigenvalue weighted by atomic mass is 10.1. The molecule has 0 saturated carbocycles. The van der Waals surface area contributed by atoms with E-state index >= 15 is 0 Å². The third-order valence-corrected chi connectivity index (χ3v) is 3.22. The van der Waals surface area contributed by atoms with Gasteiger partial charge in [-0.25, -0.2) is 4.39 Å². The van der Waals surface area contributed by atoms with Crippen molar-refractivity contribution in [3.8, 4) is 5.75 Å². The van der Waals surface area contributed by atoms with Crippen LogP contribution in [0.3, 0.4) is 0 Å². The Morgan fingerprint density at radius 3 is 2.71 bits per heavy atom. The van der Waals surface area contributed by atoms with Crippen LogP contribution in [0.15, 0.2) is 12.1 Å². The molecule has 1 aromatic carbocycles. The lowest BCUT2D eigenvalue weighted by Crippen LogP contribution is -2.44. The molecule has 0 amide bonds. The number of aromatic hydroxyl groups is 1. The van der Waals surface area contributed by atoms with Crippen molar-refractivity contribution < 1.29 is 9.50 Å². The first-order valence-electron chi connectivity index (χ1n) is 6.08. The predicted molar refractivity (Wildman–Crippen MR) is 65.8 cm³/mol. The van der Waals surface area contributed by atoms with Crippen molar-refractivity contribution in [2.24, 2.45) is 0 Å². The van der Waals surface area contributed by atoms with Crippen LogP contribution in [0.1, 0.15) is 11.1 Å². The molecule has 0 unspecified atom stereocenters. The normalized spacial score (nSPS) is 17.3. The van der Waals surface area contributed by atoms with Crippen molar-refractivity contribution in [2.75, 3.05) is 32.7 Å². The van der Waals surface area contributed by atoms with Gasteiger partial charge >= 0.3 is 0 Å². The Hall–Kier alpha value is -1.13. The lowest BCUT2D eigenvalue weighted by Gasteiger charge is -2.27. The number of rotatable bonds is 3. The van der Waals surface area contributed by atoms with Gasteiger partial charge in [-0.3, -0.25) is 0 Å². The number of nitrogens with one attached hydrogen (secondary N) is 1. The van der Waals surface area contributed by atoms with Gasteiger partial charge in [-0.1, -0.05) is 6.07 Å². The van der Waals surface area contributed by atoms with Crippen LogP contribution in [-0.2, 0) is 6.42 Å². The van der Waals surface area contributed by atoms with Crippen molar-refractivity contribution in [3.63, 3.8) is 0 Å². The van der Waals surface area contributed by atoms with Gasteiger partial charge < -0.3 is 15.3 Å². The molecule has 1 heterocycles. The Balaban J connectivity index is 1.94. The van der Waals surface area contributed by atoms with Crippen LogP contribution >= 0.6 is 0 Å². The summed E-state index contributed by atoms with van der Waals surface area (Å²) in [4.78, 5) is 2.38. The van der Waals surface area contributed by atoms with E-state index in [0.717, 1.165) is 44.7 Å². The summed E-state index contributed by atoms with van der Waals surface area (Å²) in [5.74, 6) is -0.740. The van der Waals surface area contributed by atoms with Crippen LogP contribution in [0.2, 0.25) is 0 Å². The van der Waals surface area contributed by atoms with Gasteiger partial charge in [0.15, 0.2) is 11.6 Å². The quantitative estimate of drug-likeness (QED) is 0.833. The van der Waals surface area contributed by atoms with Crippen LogP contribution in [0.5, 0.6) is 5.75 Å². The van der Waals surface area contributed by atoms with Crippen LogP contribution in [0.4, 0.5) is 4.39 Å². The summed E-state index contributed by atoms with van der Waals surface area (Å²) in [6.07, 6.45) is 0.856. The van der Waals surface area contributed by atoms with E-state index in [9.17, 15) is 9.50 Å². The SMILES string of the molecule is Cc1cc(CCN2CCNCC2)cc(O)c1F. The molecule has 2 N–H and O–H groups in total. The van der Waals surface area contributed by atoms with Gasteiger partial charge in [-0.05, 0) is 30.5 Å². The average Bonchev–Trinajstić information content (AvgIpc) is 2.34. The molecule has 94 valence electrons. The van der Waals surface area contributed by atoms with Gasteiger partial charge in [0.05, 0.1) is 0 Å². The zero-order chi connectivity index (χ0) is 12.3. The van der Waals surface area contributed by atoms with Gasteiger partial charge in [0.25, 0.3) is 0 Å². The zero-order valence-corrected chi connectivity index (χ0v) is 10.2.